The van der Waals surface area contributed by atoms with E-state index in [1.54, 1.807) is 25.1 Å². The van der Waals surface area contributed by atoms with E-state index in [1.165, 1.54) is 12.3 Å². The predicted molar refractivity (Wildman–Crippen MR) is 89.4 cm³/mol. The Bertz CT molecular complexity index is 773. The van der Waals surface area contributed by atoms with E-state index in [4.69, 9.17) is 9.47 Å². The van der Waals surface area contributed by atoms with Gasteiger partial charge in [0.25, 0.3) is 11.7 Å². The highest BCUT2D eigenvalue weighted by atomic mass is 32.2. The summed E-state index contributed by atoms with van der Waals surface area (Å²) in [6.45, 7) is 2.78. The largest absolute Gasteiger partial charge is 0.486 e. The molecule has 8 heteroatoms. The van der Waals surface area contributed by atoms with Crippen molar-refractivity contribution in [2.45, 2.75) is 23.7 Å². The first-order valence-electron chi connectivity index (χ1n) is 7.65. The quantitative estimate of drug-likeness (QED) is 0.819. The van der Waals surface area contributed by atoms with E-state index >= 15 is 0 Å². The molecule has 0 bridgehead atoms. The molecule has 0 saturated carbocycles. The van der Waals surface area contributed by atoms with Gasteiger partial charge in [-0.15, -0.1) is 0 Å². The maximum atomic E-state index is 12.6. The normalized spacial score (nSPS) is 14.2. The second kappa shape index (κ2) is 7.69. The van der Waals surface area contributed by atoms with E-state index in [2.05, 4.69) is 10.3 Å². The van der Waals surface area contributed by atoms with Crippen molar-refractivity contribution in [3.63, 3.8) is 0 Å². The van der Waals surface area contributed by atoms with Crippen molar-refractivity contribution in [2.75, 3.05) is 13.2 Å². The Morgan fingerprint density at radius 1 is 1.24 bits per heavy atom. The Morgan fingerprint density at radius 2 is 2.00 bits per heavy atom. The van der Waals surface area contributed by atoms with Gasteiger partial charge in [0.1, 0.15) is 18.2 Å². The average molecular weight is 366 g/mol. The molecular formula is C17H16F2N2O3S. The number of pyridine rings is 1. The van der Waals surface area contributed by atoms with E-state index in [-0.39, 0.29) is 28.4 Å². The lowest BCUT2D eigenvalue weighted by Crippen LogP contribution is -2.27. The number of carbonyl (C=O) groups excluding carboxylic acids is 1. The van der Waals surface area contributed by atoms with Gasteiger partial charge in [-0.05, 0) is 48.5 Å². The van der Waals surface area contributed by atoms with Gasteiger partial charge in [-0.3, -0.25) is 4.79 Å². The van der Waals surface area contributed by atoms with Gasteiger partial charge in [0.15, 0.2) is 11.5 Å². The summed E-state index contributed by atoms with van der Waals surface area (Å²) in [7, 11) is 0. The molecule has 0 spiro atoms. The molecule has 0 fully saturated rings. The fraction of sp³-hybridized carbons (Fsp3) is 0.294. The van der Waals surface area contributed by atoms with Crippen LogP contribution in [0.5, 0.6) is 11.5 Å². The highest BCUT2D eigenvalue weighted by molar-refractivity contribution is 7.99. The Kier molecular flexibility index (Phi) is 5.37. The van der Waals surface area contributed by atoms with E-state index < -0.39 is 11.7 Å². The summed E-state index contributed by atoms with van der Waals surface area (Å²) in [6.07, 6.45) is 1.38. The van der Waals surface area contributed by atoms with Gasteiger partial charge in [-0.1, -0.05) is 6.07 Å². The van der Waals surface area contributed by atoms with Crippen molar-refractivity contribution in [3.8, 4) is 11.5 Å². The smallest absolute Gasteiger partial charge is 0.290 e. The Hall–Kier alpha value is -2.35. The van der Waals surface area contributed by atoms with Crippen LogP contribution in [0, 0.1) is 0 Å². The summed E-state index contributed by atoms with van der Waals surface area (Å²) in [6, 6.07) is 8.10. The minimum absolute atomic E-state index is 0.00405. The number of thioether (sulfide) groups is 1. The Balaban J connectivity index is 1.75. The van der Waals surface area contributed by atoms with Crippen LogP contribution in [0.15, 0.2) is 41.6 Å². The number of nitrogens with zero attached hydrogens (tertiary/aromatic N) is 1. The standard InChI is InChI=1S/C17H16F2N2O3S/c1-10(11-4-5-13-14(9-11)24-8-7-23-13)21-15(22)12-3-2-6-20-16(12)25-17(18)19/h2-6,9-10,17H,7-8H2,1H3,(H,21,22). The van der Waals surface area contributed by atoms with Crippen LogP contribution in [-0.2, 0) is 0 Å². The van der Waals surface area contributed by atoms with Gasteiger partial charge in [-0.25, -0.2) is 4.98 Å². The zero-order valence-corrected chi connectivity index (χ0v) is 14.2. The summed E-state index contributed by atoms with van der Waals surface area (Å²) in [5.74, 6) is -1.81. The van der Waals surface area contributed by atoms with Crippen LogP contribution < -0.4 is 14.8 Å². The van der Waals surface area contributed by atoms with Crippen LogP contribution in [0.3, 0.4) is 0 Å². The molecule has 1 atom stereocenters. The second-order valence-corrected chi connectivity index (χ2v) is 6.31. The number of carbonyl (C=O) groups is 1. The number of ether oxygens (including phenoxy) is 2. The number of aromatic nitrogens is 1. The van der Waals surface area contributed by atoms with Crippen LogP contribution in [0.1, 0.15) is 28.9 Å². The third-order valence-electron chi connectivity index (χ3n) is 3.63. The molecule has 1 aromatic heterocycles. The van der Waals surface area contributed by atoms with Crippen LogP contribution in [0.25, 0.3) is 0 Å². The Labute approximate surface area is 147 Å². The van der Waals surface area contributed by atoms with Crippen molar-refractivity contribution >= 4 is 17.7 Å². The van der Waals surface area contributed by atoms with Crippen LogP contribution in [0.2, 0.25) is 0 Å². The maximum absolute atomic E-state index is 12.6. The molecule has 3 rings (SSSR count). The van der Waals surface area contributed by atoms with E-state index in [1.807, 2.05) is 6.07 Å². The zero-order valence-electron chi connectivity index (χ0n) is 13.4. The average Bonchev–Trinajstić information content (AvgIpc) is 2.61. The fourth-order valence-electron chi connectivity index (χ4n) is 2.43. The van der Waals surface area contributed by atoms with Crippen molar-refractivity contribution < 1.29 is 23.0 Å². The number of benzene rings is 1. The summed E-state index contributed by atoms with van der Waals surface area (Å²) < 4.78 is 36.2. The molecule has 1 unspecified atom stereocenters. The lowest BCUT2D eigenvalue weighted by molar-refractivity contribution is 0.0936. The molecule has 25 heavy (non-hydrogen) atoms. The van der Waals surface area contributed by atoms with Crippen LogP contribution in [0.4, 0.5) is 8.78 Å². The van der Waals surface area contributed by atoms with Gasteiger partial charge in [-0.2, -0.15) is 8.78 Å². The van der Waals surface area contributed by atoms with Gasteiger partial charge in [0.05, 0.1) is 11.6 Å². The number of fused-ring (bicyclic) bond motifs is 1. The first kappa shape index (κ1) is 17.5. The molecule has 1 aliphatic rings. The topological polar surface area (TPSA) is 60.5 Å². The van der Waals surface area contributed by atoms with Gasteiger partial charge < -0.3 is 14.8 Å². The number of alkyl halides is 2. The molecule has 1 N–H and O–H groups in total. The molecule has 1 aromatic carbocycles. The second-order valence-electron chi connectivity index (χ2n) is 5.33. The highest BCUT2D eigenvalue weighted by Gasteiger charge is 2.20. The molecule has 1 aliphatic heterocycles. The lowest BCUT2D eigenvalue weighted by Gasteiger charge is -2.21. The summed E-state index contributed by atoms with van der Waals surface area (Å²) >= 11 is 0.253. The van der Waals surface area contributed by atoms with Crippen molar-refractivity contribution in [2.24, 2.45) is 0 Å². The number of halogens is 2. The summed E-state index contributed by atoms with van der Waals surface area (Å²) in [4.78, 5) is 16.3. The molecule has 5 nitrogen and oxygen atoms in total. The SMILES string of the molecule is CC(NC(=O)c1cccnc1SC(F)F)c1ccc2c(c1)OCCO2. The van der Waals surface area contributed by atoms with Crippen molar-refractivity contribution in [1.29, 1.82) is 0 Å². The predicted octanol–water partition coefficient (Wildman–Crippen LogP) is 3.66. The first-order chi connectivity index (χ1) is 12.0. The number of rotatable bonds is 5. The number of hydrogen-bond acceptors (Lipinski definition) is 5. The van der Waals surface area contributed by atoms with E-state index in [9.17, 15) is 13.6 Å². The first-order valence-corrected chi connectivity index (χ1v) is 8.53. The summed E-state index contributed by atoms with van der Waals surface area (Å²) in [5.41, 5.74) is 0.946. The lowest BCUT2D eigenvalue weighted by atomic mass is 10.1. The maximum Gasteiger partial charge on any atom is 0.290 e. The third kappa shape index (κ3) is 4.19. The monoisotopic (exact) mass is 366 g/mol. The Morgan fingerprint density at radius 3 is 2.76 bits per heavy atom. The third-order valence-corrected chi connectivity index (χ3v) is 4.36. The molecular weight excluding hydrogens is 350 g/mol. The molecule has 2 aromatic rings. The van der Waals surface area contributed by atoms with E-state index in [0.717, 1.165) is 5.56 Å². The van der Waals surface area contributed by atoms with Gasteiger partial charge in [0, 0.05) is 6.20 Å². The fourth-order valence-corrected chi connectivity index (χ4v) is 3.01. The number of hydrogen-bond donors (Lipinski definition) is 1. The van der Waals surface area contributed by atoms with Crippen LogP contribution in [-0.4, -0.2) is 29.9 Å². The number of amides is 1. The molecule has 0 saturated heterocycles. The van der Waals surface area contributed by atoms with E-state index in [0.29, 0.717) is 24.7 Å². The van der Waals surface area contributed by atoms with Crippen LogP contribution >= 0.6 is 11.8 Å². The molecule has 132 valence electrons. The minimum atomic E-state index is -2.64. The molecule has 2 heterocycles. The molecule has 1 amide bonds. The minimum Gasteiger partial charge on any atom is -0.486 e. The van der Waals surface area contributed by atoms with Gasteiger partial charge >= 0.3 is 0 Å². The highest BCUT2D eigenvalue weighted by Crippen LogP contribution is 2.33. The number of nitrogens with one attached hydrogen (secondary N) is 1. The summed E-state index contributed by atoms with van der Waals surface area (Å²) in [5, 5.41) is 2.80. The van der Waals surface area contributed by atoms with Crippen molar-refractivity contribution in [3.05, 3.63) is 47.7 Å². The van der Waals surface area contributed by atoms with Crippen molar-refractivity contribution in [1.82, 2.24) is 10.3 Å². The zero-order chi connectivity index (χ0) is 17.8. The molecule has 0 aliphatic carbocycles. The van der Waals surface area contributed by atoms with Gasteiger partial charge in [0.2, 0.25) is 0 Å². The molecule has 0 radical (unpaired) electrons.